The van der Waals surface area contributed by atoms with Gasteiger partial charge in [0.25, 0.3) is 0 Å². The third-order valence-corrected chi connectivity index (χ3v) is 4.86. The van der Waals surface area contributed by atoms with Crippen molar-refractivity contribution in [2.75, 3.05) is 11.2 Å². The maximum absolute atomic E-state index is 11.7. The van der Waals surface area contributed by atoms with Gasteiger partial charge < -0.3 is 0 Å². The zero-order chi connectivity index (χ0) is 14.0. The molecule has 5 heteroatoms. The fraction of sp³-hybridized carbons (Fsp3) is 0.286. The standard InChI is InChI=1S/C14H18N2O2S/c1-4-19(17,18)14-9-7-13(8-10-14)15-16-11(2)5-6-12(16)3/h5-10,15H,4H2,1-3H3. The molecule has 0 saturated heterocycles. The maximum atomic E-state index is 11.7. The summed E-state index contributed by atoms with van der Waals surface area (Å²) in [6.45, 7) is 5.67. The summed E-state index contributed by atoms with van der Waals surface area (Å²) in [7, 11) is -3.13. The molecule has 2 aromatic rings. The number of benzene rings is 1. The molecule has 0 amide bonds. The van der Waals surface area contributed by atoms with Gasteiger partial charge in [-0.05, 0) is 50.2 Å². The van der Waals surface area contributed by atoms with E-state index in [2.05, 4.69) is 5.43 Å². The van der Waals surface area contributed by atoms with Crippen LogP contribution in [0.25, 0.3) is 0 Å². The fourth-order valence-corrected chi connectivity index (χ4v) is 2.76. The largest absolute Gasteiger partial charge is 0.294 e. The first-order valence-corrected chi connectivity index (χ1v) is 7.84. The molecule has 1 aromatic heterocycles. The second-order valence-electron chi connectivity index (χ2n) is 4.49. The van der Waals surface area contributed by atoms with Crippen molar-refractivity contribution in [3.05, 3.63) is 47.8 Å². The van der Waals surface area contributed by atoms with E-state index in [1.54, 1.807) is 31.2 Å². The Kier molecular flexibility index (Phi) is 3.66. The van der Waals surface area contributed by atoms with Crippen LogP contribution in [0.4, 0.5) is 5.69 Å². The van der Waals surface area contributed by atoms with E-state index in [-0.39, 0.29) is 5.75 Å². The number of anilines is 1. The molecule has 0 fully saturated rings. The maximum Gasteiger partial charge on any atom is 0.178 e. The Hall–Kier alpha value is -1.75. The second-order valence-corrected chi connectivity index (χ2v) is 6.77. The molecule has 1 aromatic carbocycles. The van der Waals surface area contributed by atoms with Crippen LogP contribution in [-0.2, 0) is 9.84 Å². The summed E-state index contributed by atoms with van der Waals surface area (Å²) in [5, 5.41) is 0. The first-order chi connectivity index (χ1) is 8.94. The highest BCUT2D eigenvalue weighted by Gasteiger charge is 2.10. The van der Waals surface area contributed by atoms with Crippen LogP contribution in [0.2, 0.25) is 0 Å². The smallest absolute Gasteiger partial charge is 0.178 e. The highest BCUT2D eigenvalue weighted by molar-refractivity contribution is 7.91. The quantitative estimate of drug-likeness (QED) is 0.935. The van der Waals surface area contributed by atoms with E-state index >= 15 is 0 Å². The van der Waals surface area contributed by atoms with E-state index in [1.165, 1.54) is 0 Å². The Balaban J connectivity index is 2.25. The third-order valence-electron chi connectivity index (χ3n) is 3.11. The first-order valence-electron chi connectivity index (χ1n) is 6.19. The van der Waals surface area contributed by atoms with Crippen molar-refractivity contribution >= 4 is 15.5 Å². The number of hydrogen-bond acceptors (Lipinski definition) is 3. The molecule has 0 saturated carbocycles. The molecule has 1 heterocycles. The lowest BCUT2D eigenvalue weighted by Gasteiger charge is -2.13. The summed E-state index contributed by atoms with van der Waals surface area (Å²) in [5.41, 5.74) is 6.30. The van der Waals surface area contributed by atoms with Crippen LogP contribution in [0.1, 0.15) is 18.3 Å². The lowest BCUT2D eigenvalue weighted by atomic mass is 10.3. The summed E-state index contributed by atoms with van der Waals surface area (Å²) in [6, 6.07) is 10.9. The van der Waals surface area contributed by atoms with Crippen molar-refractivity contribution in [2.45, 2.75) is 25.7 Å². The van der Waals surface area contributed by atoms with E-state index in [9.17, 15) is 8.42 Å². The van der Waals surface area contributed by atoms with Crippen LogP contribution >= 0.6 is 0 Å². The summed E-state index contributed by atoms with van der Waals surface area (Å²) >= 11 is 0. The number of aryl methyl sites for hydroxylation is 2. The number of aromatic nitrogens is 1. The van der Waals surface area contributed by atoms with Crippen LogP contribution in [-0.4, -0.2) is 18.8 Å². The van der Waals surface area contributed by atoms with Crippen molar-refractivity contribution in [3.63, 3.8) is 0 Å². The van der Waals surface area contributed by atoms with E-state index in [0.717, 1.165) is 17.1 Å². The van der Waals surface area contributed by atoms with Crippen LogP contribution in [0.3, 0.4) is 0 Å². The SMILES string of the molecule is CCS(=O)(=O)c1ccc(Nn2c(C)ccc2C)cc1. The van der Waals surface area contributed by atoms with Gasteiger partial charge >= 0.3 is 0 Å². The molecule has 0 bridgehead atoms. The van der Waals surface area contributed by atoms with Crippen molar-refractivity contribution in [1.82, 2.24) is 4.68 Å². The molecule has 2 rings (SSSR count). The predicted molar refractivity (Wildman–Crippen MR) is 77.1 cm³/mol. The van der Waals surface area contributed by atoms with Gasteiger partial charge in [0, 0.05) is 11.4 Å². The number of rotatable bonds is 4. The highest BCUT2D eigenvalue weighted by Crippen LogP contribution is 2.16. The average Bonchev–Trinajstić information content (AvgIpc) is 2.71. The molecule has 0 radical (unpaired) electrons. The Morgan fingerprint density at radius 2 is 1.53 bits per heavy atom. The number of nitrogens with one attached hydrogen (secondary N) is 1. The lowest BCUT2D eigenvalue weighted by Crippen LogP contribution is -2.12. The molecule has 0 aliphatic heterocycles. The van der Waals surface area contributed by atoms with Crippen molar-refractivity contribution in [2.24, 2.45) is 0 Å². The third kappa shape index (κ3) is 2.81. The number of hydrogen-bond donors (Lipinski definition) is 1. The van der Waals surface area contributed by atoms with Crippen molar-refractivity contribution < 1.29 is 8.42 Å². The van der Waals surface area contributed by atoms with Gasteiger partial charge in [-0.2, -0.15) is 0 Å². The van der Waals surface area contributed by atoms with Crippen LogP contribution in [0.5, 0.6) is 0 Å². The summed E-state index contributed by atoms with van der Waals surface area (Å²) < 4.78 is 25.4. The minimum Gasteiger partial charge on any atom is -0.294 e. The molecule has 102 valence electrons. The minimum absolute atomic E-state index is 0.121. The van der Waals surface area contributed by atoms with Gasteiger partial charge in [0.1, 0.15) is 0 Å². The first kappa shape index (κ1) is 13.7. The Morgan fingerprint density at radius 1 is 1.00 bits per heavy atom. The molecular weight excluding hydrogens is 260 g/mol. The molecule has 0 aliphatic rings. The highest BCUT2D eigenvalue weighted by atomic mass is 32.2. The van der Waals surface area contributed by atoms with Gasteiger partial charge in [-0.25, -0.2) is 8.42 Å². The average molecular weight is 278 g/mol. The van der Waals surface area contributed by atoms with Gasteiger partial charge in [0.2, 0.25) is 0 Å². The minimum atomic E-state index is -3.13. The zero-order valence-electron chi connectivity index (χ0n) is 11.3. The number of nitrogens with zero attached hydrogens (tertiary/aromatic N) is 1. The summed E-state index contributed by atoms with van der Waals surface area (Å²) in [4.78, 5) is 0.363. The fourth-order valence-electron chi connectivity index (χ4n) is 1.88. The monoisotopic (exact) mass is 278 g/mol. The van der Waals surface area contributed by atoms with Gasteiger partial charge in [-0.3, -0.25) is 10.1 Å². The normalized spacial score (nSPS) is 11.5. The molecule has 1 N–H and O–H groups in total. The predicted octanol–water partition coefficient (Wildman–Crippen LogP) is 2.77. The van der Waals surface area contributed by atoms with E-state index in [1.807, 2.05) is 30.7 Å². The molecule has 19 heavy (non-hydrogen) atoms. The second kappa shape index (κ2) is 5.09. The van der Waals surface area contributed by atoms with Crippen molar-refractivity contribution in [3.8, 4) is 0 Å². The van der Waals surface area contributed by atoms with E-state index < -0.39 is 9.84 Å². The Labute approximate surface area is 114 Å². The summed E-state index contributed by atoms with van der Waals surface area (Å²) in [5.74, 6) is 0.121. The van der Waals surface area contributed by atoms with E-state index in [0.29, 0.717) is 4.90 Å². The van der Waals surface area contributed by atoms with Gasteiger partial charge in [-0.1, -0.05) is 6.92 Å². The summed E-state index contributed by atoms with van der Waals surface area (Å²) in [6.07, 6.45) is 0. The lowest BCUT2D eigenvalue weighted by molar-refractivity contribution is 0.597. The zero-order valence-corrected chi connectivity index (χ0v) is 12.2. The Bertz CT molecular complexity index is 650. The molecule has 4 nitrogen and oxygen atoms in total. The molecular formula is C14H18N2O2S. The van der Waals surface area contributed by atoms with Gasteiger partial charge in [0.05, 0.1) is 16.3 Å². The molecule has 0 atom stereocenters. The van der Waals surface area contributed by atoms with Crippen LogP contribution < -0.4 is 5.43 Å². The molecule has 0 aliphatic carbocycles. The Morgan fingerprint density at radius 3 is 2.00 bits per heavy atom. The molecule has 0 unspecified atom stereocenters. The van der Waals surface area contributed by atoms with E-state index in [4.69, 9.17) is 0 Å². The van der Waals surface area contributed by atoms with Crippen LogP contribution in [0.15, 0.2) is 41.3 Å². The van der Waals surface area contributed by atoms with Gasteiger partial charge in [0.15, 0.2) is 9.84 Å². The topological polar surface area (TPSA) is 51.1 Å². The van der Waals surface area contributed by atoms with Crippen molar-refractivity contribution in [1.29, 1.82) is 0 Å². The van der Waals surface area contributed by atoms with Gasteiger partial charge in [-0.15, -0.1) is 0 Å². The van der Waals surface area contributed by atoms with Crippen LogP contribution in [0, 0.1) is 13.8 Å². The molecule has 0 spiro atoms. The number of sulfone groups is 1.